The zero-order chi connectivity index (χ0) is 36.6. The summed E-state index contributed by atoms with van der Waals surface area (Å²) in [5.74, 6) is 0.535. The van der Waals surface area contributed by atoms with Gasteiger partial charge in [0.25, 0.3) is 0 Å². The van der Waals surface area contributed by atoms with Crippen LogP contribution in [0.3, 0.4) is 0 Å². The molecular weight excluding hydrogens is 637 g/mol. The van der Waals surface area contributed by atoms with Crippen LogP contribution in [0.4, 0.5) is 13.2 Å². The van der Waals surface area contributed by atoms with Gasteiger partial charge in [0.15, 0.2) is 0 Å². The number of likely N-dealkylation sites (N-methyl/N-ethyl adjacent to an activating group) is 2. The molecule has 0 aliphatic heterocycles. The summed E-state index contributed by atoms with van der Waals surface area (Å²) >= 11 is 0. The second kappa shape index (κ2) is 21.2. The fourth-order valence-electron chi connectivity index (χ4n) is 6.38. The monoisotopic (exact) mass is 694 g/mol. The first-order valence-electron chi connectivity index (χ1n) is 17.5. The molecule has 1 saturated carbocycles. The average molecular weight is 695 g/mol. The molecule has 0 bridgehead atoms. The lowest BCUT2D eigenvalue weighted by Crippen LogP contribution is -2.56. The largest absolute Gasteiger partial charge is 0.401 e. The maximum Gasteiger partial charge on any atom is 0.401 e. The Morgan fingerprint density at radius 2 is 1.65 bits per heavy atom. The summed E-state index contributed by atoms with van der Waals surface area (Å²) in [5, 5.41) is 27.7. The van der Waals surface area contributed by atoms with E-state index in [1.165, 1.54) is 19.0 Å². The molecule has 1 aromatic rings. The second-order valence-corrected chi connectivity index (χ2v) is 14.1. The summed E-state index contributed by atoms with van der Waals surface area (Å²) in [4.78, 5) is 43.3. The molecule has 1 fully saturated rings. The molecule has 1 aromatic carbocycles. The average Bonchev–Trinajstić information content (AvgIpc) is 3.04. The van der Waals surface area contributed by atoms with Crippen molar-refractivity contribution in [1.82, 2.24) is 20.4 Å². The van der Waals surface area contributed by atoms with Crippen LogP contribution in [0.2, 0.25) is 0 Å². The molecule has 0 aromatic heterocycles. The van der Waals surface area contributed by atoms with Crippen molar-refractivity contribution >= 4 is 17.7 Å². The number of halogens is 3. The predicted octanol–water partition coefficient (Wildman–Crippen LogP) is 4.31. The summed E-state index contributed by atoms with van der Waals surface area (Å²) in [6.45, 7) is 2.80. The van der Waals surface area contributed by atoms with Crippen LogP contribution in [0.15, 0.2) is 30.3 Å². The Kier molecular flexibility index (Phi) is 18.2. The molecular formula is C37H57F3N4O5. The van der Waals surface area contributed by atoms with Crippen LogP contribution in [0.25, 0.3) is 0 Å². The number of hydrogen-bond acceptors (Lipinski definition) is 6. The van der Waals surface area contributed by atoms with Gasteiger partial charge in [0.05, 0.1) is 24.6 Å². The van der Waals surface area contributed by atoms with Gasteiger partial charge in [-0.25, -0.2) is 0 Å². The van der Waals surface area contributed by atoms with Gasteiger partial charge in [-0.15, -0.1) is 12.3 Å². The molecule has 12 heteroatoms. The van der Waals surface area contributed by atoms with Crippen molar-refractivity contribution in [3.05, 3.63) is 35.9 Å². The lowest BCUT2D eigenvalue weighted by Gasteiger charge is -2.34. The second-order valence-electron chi connectivity index (χ2n) is 14.1. The van der Waals surface area contributed by atoms with E-state index in [4.69, 9.17) is 6.42 Å². The quantitative estimate of drug-likeness (QED) is 0.151. The number of carbonyl (C=O) groups excluding carboxylic acids is 3. The summed E-state index contributed by atoms with van der Waals surface area (Å²) < 4.78 is 38.3. The topological polar surface area (TPSA) is 122 Å². The van der Waals surface area contributed by atoms with Gasteiger partial charge in [-0.2, -0.15) is 13.2 Å². The van der Waals surface area contributed by atoms with E-state index in [1.807, 2.05) is 44.2 Å². The van der Waals surface area contributed by atoms with Crippen LogP contribution in [-0.4, -0.2) is 102 Å². The highest BCUT2D eigenvalue weighted by Gasteiger charge is 2.34. The van der Waals surface area contributed by atoms with Crippen LogP contribution < -0.4 is 10.6 Å². The smallest absolute Gasteiger partial charge is 0.390 e. The highest BCUT2D eigenvalue weighted by Crippen LogP contribution is 2.29. The van der Waals surface area contributed by atoms with Gasteiger partial charge < -0.3 is 25.7 Å². The summed E-state index contributed by atoms with van der Waals surface area (Å²) in [6.07, 6.45) is 5.25. The van der Waals surface area contributed by atoms with Gasteiger partial charge >= 0.3 is 6.18 Å². The molecule has 1 aliphatic rings. The number of rotatable bonds is 20. The van der Waals surface area contributed by atoms with E-state index in [0.717, 1.165) is 42.6 Å². The number of nitrogens with one attached hydrogen (secondary N) is 2. The molecule has 3 amide bonds. The van der Waals surface area contributed by atoms with Crippen LogP contribution in [0.1, 0.15) is 83.6 Å². The molecule has 4 N–H and O–H groups in total. The van der Waals surface area contributed by atoms with Crippen molar-refractivity contribution in [2.45, 2.75) is 115 Å². The molecule has 0 radical (unpaired) electrons. The first kappa shape index (κ1) is 42.0. The van der Waals surface area contributed by atoms with E-state index in [2.05, 4.69) is 16.6 Å². The standard InChI is InChI=1S/C37H57F3N4O5/c1-6-7-18-30(36(49)42-31(23-28-16-12-9-13-17-28)34(47)32(45)21-26(2)3)41-35(48)29(22-27-14-10-8-11-15-27)24-33(46)44(5)20-19-43(4)25-37(38,39)40/h1,8,10-11,14-15,26,28-32,34,45,47H,7,9,12-13,16-25H2,2-5H3,(H,41,48)(H,42,49)/t29?,30-,31?,32-,34+/m0/s1. The predicted molar refractivity (Wildman–Crippen MR) is 184 cm³/mol. The lowest BCUT2D eigenvalue weighted by atomic mass is 9.82. The van der Waals surface area contributed by atoms with Crippen molar-refractivity contribution in [3.63, 3.8) is 0 Å². The summed E-state index contributed by atoms with van der Waals surface area (Å²) in [5.41, 5.74) is 0.794. The van der Waals surface area contributed by atoms with E-state index in [9.17, 15) is 37.8 Å². The third-order valence-corrected chi connectivity index (χ3v) is 9.18. The van der Waals surface area contributed by atoms with Gasteiger partial charge in [0.2, 0.25) is 17.7 Å². The molecule has 0 spiro atoms. The van der Waals surface area contributed by atoms with Crippen LogP contribution in [0, 0.1) is 30.1 Å². The fraction of sp³-hybridized carbons (Fsp3) is 0.703. The maximum absolute atomic E-state index is 13.8. The Morgan fingerprint density at radius 3 is 2.24 bits per heavy atom. The number of hydrogen-bond donors (Lipinski definition) is 4. The van der Waals surface area contributed by atoms with Crippen molar-refractivity contribution in [2.24, 2.45) is 17.8 Å². The van der Waals surface area contributed by atoms with Crippen molar-refractivity contribution < 1.29 is 37.8 Å². The zero-order valence-corrected chi connectivity index (χ0v) is 29.6. The van der Waals surface area contributed by atoms with Crippen molar-refractivity contribution in [2.75, 3.05) is 33.7 Å². The highest BCUT2D eigenvalue weighted by molar-refractivity contribution is 5.91. The molecule has 9 nitrogen and oxygen atoms in total. The lowest BCUT2D eigenvalue weighted by molar-refractivity contribution is -0.144. The number of aliphatic hydroxyl groups excluding tert-OH is 2. The number of benzene rings is 1. The number of amides is 3. The first-order chi connectivity index (χ1) is 23.1. The number of alkyl halides is 3. The third kappa shape index (κ3) is 16.4. The summed E-state index contributed by atoms with van der Waals surface area (Å²) in [7, 11) is 2.80. The number of terminal acetylenes is 1. The molecule has 2 rings (SSSR count). The highest BCUT2D eigenvalue weighted by atomic mass is 19.4. The Balaban J connectivity index is 2.23. The molecule has 0 heterocycles. The maximum atomic E-state index is 13.8. The minimum atomic E-state index is -4.36. The van der Waals surface area contributed by atoms with Crippen molar-refractivity contribution in [1.29, 1.82) is 0 Å². The Labute approximate surface area is 290 Å². The normalized spacial score (nSPS) is 17.1. The van der Waals surface area contributed by atoms with Crippen LogP contribution in [0.5, 0.6) is 0 Å². The Morgan fingerprint density at radius 1 is 1.00 bits per heavy atom. The van der Waals surface area contributed by atoms with E-state index in [-0.39, 0.29) is 50.6 Å². The molecule has 49 heavy (non-hydrogen) atoms. The van der Waals surface area contributed by atoms with Gasteiger partial charge in [0.1, 0.15) is 12.1 Å². The SMILES string of the molecule is C#CCC[C@H](NC(=O)C(CC(=O)N(C)CCN(C)CC(F)(F)F)Cc1ccccc1)C(=O)NC(CC1CCCCC1)[C@@H](O)[C@@H](O)CC(C)C. The van der Waals surface area contributed by atoms with Crippen LogP contribution >= 0.6 is 0 Å². The Hall–Kier alpha value is -3.14. The van der Waals surface area contributed by atoms with E-state index >= 15 is 0 Å². The van der Waals surface area contributed by atoms with Gasteiger partial charge in [-0.1, -0.05) is 76.3 Å². The number of nitrogens with zero attached hydrogens (tertiary/aromatic N) is 2. The van der Waals surface area contributed by atoms with Crippen molar-refractivity contribution in [3.8, 4) is 12.3 Å². The van der Waals surface area contributed by atoms with E-state index < -0.39 is 60.7 Å². The van der Waals surface area contributed by atoms with Gasteiger partial charge in [-0.3, -0.25) is 19.3 Å². The molecule has 276 valence electrons. The number of aliphatic hydroxyl groups is 2. The van der Waals surface area contributed by atoms with E-state index in [0.29, 0.717) is 12.8 Å². The molecule has 0 saturated heterocycles. The molecule has 5 atom stereocenters. The third-order valence-electron chi connectivity index (χ3n) is 9.18. The van der Waals surface area contributed by atoms with E-state index in [1.54, 1.807) is 0 Å². The first-order valence-corrected chi connectivity index (χ1v) is 17.5. The minimum Gasteiger partial charge on any atom is -0.390 e. The number of carbonyl (C=O) groups is 3. The minimum absolute atomic E-state index is 0.00856. The van der Waals surface area contributed by atoms with Gasteiger partial charge in [-0.05, 0) is 50.1 Å². The molecule has 2 unspecified atom stereocenters. The van der Waals surface area contributed by atoms with Gasteiger partial charge in [0, 0.05) is 33.0 Å². The Bertz CT molecular complexity index is 1190. The zero-order valence-electron chi connectivity index (χ0n) is 29.6. The molecule has 1 aliphatic carbocycles. The summed E-state index contributed by atoms with van der Waals surface area (Å²) in [6, 6.07) is 7.29. The fourth-order valence-corrected chi connectivity index (χ4v) is 6.38. The van der Waals surface area contributed by atoms with Crippen LogP contribution in [-0.2, 0) is 20.8 Å².